The quantitative estimate of drug-likeness (QED) is 0.851. The highest BCUT2D eigenvalue weighted by molar-refractivity contribution is 7.98. The summed E-state index contributed by atoms with van der Waals surface area (Å²) in [5.41, 5.74) is 0.480. The van der Waals surface area contributed by atoms with Gasteiger partial charge in [0.25, 0.3) is 5.91 Å². The van der Waals surface area contributed by atoms with Crippen LogP contribution in [0.1, 0.15) is 20.8 Å². The lowest BCUT2D eigenvalue weighted by molar-refractivity contribution is -0.133. The molecule has 1 aliphatic heterocycles. The Morgan fingerprint density at radius 2 is 2.00 bits per heavy atom. The lowest BCUT2D eigenvalue weighted by Gasteiger charge is -2.38. The van der Waals surface area contributed by atoms with Crippen LogP contribution in [-0.2, 0) is 9.59 Å². The first-order chi connectivity index (χ1) is 9.32. The van der Waals surface area contributed by atoms with Gasteiger partial charge < -0.3 is 10.2 Å². The normalized spacial score (nSPS) is 20.0. The van der Waals surface area contributed by atoms with E-state index in [1.165, 1.54) is 0 Å². The smallest absolute Gasteiger partial charge is 0.250 e. The summed E-state index contributed by atoms with van der Waals surface area (Å²) in [6, 6.07) is 7.23. The third-order valence-electron chi connectivity index (χ3n) is 3.35. The van der Waals surface area contributed by atoms with E-state index in [9.17, 15) is 9.59 Å². The van der Waals surface area contributed by atoms with Crippen molar-refractivity contribution in [2.24, 2.45) is 5.41 Å². The van der Waals surface area contributed by atoms with Crippen LogP contribution in [0.5, 0.6) is 0 Å². The van der Waals surface area contributed by atoms with Gasteiger partial charge in [-0.3, -0.25) is 9.59 Å². The van der Waals surface area contributed by atoms with Gasteiger partial charge >= 0.3 is 0 Å². The molecule has 4 nitrogen and oxygen atoms in total. The number of hydrogen-bond donors (Lipinski definition) is 1. The number of thioether (sulfide) groups is 1. The summed E-state index contributed by atoms with van der Waals surface area (Å²) in [4.78, 5) is 27.2. The number of rotatable bonds is 2. The molecule has 0 spiro atoms. The summed E-state index contributed by atoms with van der Waals surface area (Å²) >= 11 is 1.62. The Balaban J connectivity index is 2.34. The van der Waals surface area contributed by atoms with E-state index in [0.717, 1.165) is 10.6 Å². The van der Waals surface area contributed by atoms with E-state index in [0.29, 0.717) is 0 Å². The first-order valence-electron chi connectivity index (χ1n) is 6.58. The molecule has 5 heteroatoms. The summed E-state index contributed by atoms with van der Waals surface area (Å²) in [5, 5.41) is 2.80. The molecule has 1 aliphatic rings. The van der Waals surface area contributed by atoms with Crippen LogP contribution in [0.3, 0.4) is 0 Å². The maximum absolute atomic E-state index is 12.6. The molecule has 1 aromatic carbocycles. The molecular formula is C15H20N2O2S. The number of anilines is 1. The number of nitrogens with zero attached hydrogens (tertiary/aromatic N) is 1. The van der Waals surface area contributed by atoms with Gasteiger partial charge in [0.15, 0.2) is 0 Å². The maximum atomic E-state index is 12.6. The second-order valence-electron chi connectivity index (χ2n) is 5.99. The zero-order chi connectivity index (χ0) is 14.9. The third-order valence-corrected chi connectivity index (χ3v) is 4.08. The van der Waals surface area contributed by atoms with Crippen molar-refractivity contribution >= 4 is 29.3 Å². The van der Waals surface area contributed by atoms with E-state index in [1.54, 1.807) is 16.7 Å². The Hall–Kier alpha value is -1.49. The number of nitrogens with one attached hydrogen (secondary N) is 1. The highest BCUT2D eigenvalue weighted by Crippen LogP contribution is 2.28. The predicted octanol–water partition coefficient (Wildman–Crippen LogP) is 2.29. The fourth-order valence-electron chi connectivity index (χ4n) is 2.23. The summed E-state index contributed by atoms with van der Waals surface area (Å²) in [6.45, 7) is 5.95. The average molecular weight is 292 g/mol. The maximum Gasteiger partial charge on any atom is 0.250 e. The number of piperazine rings is 1. The second-order valence-corrected chi connectivity index (χ2v) is 6.87. The summed E-state index contributed by atoms with van der Waals surface area (Å²) in [6.07, 6.45) is 1.99. The fraction of sp³-hybridized carbons (Fsp3) is 0.467. The molecule has 108 valence electrons. The van der Waals surface area contributed by atoms with Crippen molar-refractivity contribution in [3.8, 4) is 0 Å². The Bertz CT molecular complexity index is 537. The van der Waals surface area contributed by atoms with E-state index >= 15 is 0 Å². The van der Waals surface area contributed by atoms with Crippen LogP contribution < -0.4 is 10.2 Å². The molecule has 1 unspecified atom stereocenters. The van der Waals surface area contributed by atoms with Crippen molar-refractivity contribution in [1.29, 1.82) is 0 Å². The Morgan fingerprint density at radius 1 is 1.30 bits per heavy atom. The predicted molar refractivity (Wildman–Crippen MR) is 82.0 cm³/mol. The van der Waals surface area contributed by atoms with E-state index in [2.05, 4.69) is 5.32 Å². The molecule has 1 N–H and O–H groups in total. The van der Waals surface area contributed by atoms with Crippen molar-refractivity contribution in [3.05, 3.63) is 24.3 Å². The molecule has 2 rings (SSSR count). The van der Waals surface area contributed by atoms with E-state index in [1.807, 2.05) is 51.3 Å². The topological polar surface area (TPSA) is 49.4 Å². The largest absolute Gasteiger partial charge is 0.342 e. The number of amides is 2. The van der Waals surface area contributed by atoms with Crippen molar-refractivity contribution < 1.29 is 9.59 Å². The molecule has 1 fully saturated rings. The van der Waals surface area contributed by atoms with Gasteiger partial charge in [-0.25, -0.2) is 0 Å². The molecule has 0 bridgehead atoms. The van der Waals surface area contributed by atoms with Crippen LogP contribution in [0.25, 0.3) is 0 Å². The molecule has 1 saturated heterocycles. The first kappa shape index (κ1) is 14.9. The van der Waals surface area contributed by atoms with Crippen LogP contribution in [-0.4, -0.2) is 30.7 Å². The SMILES string of the molecule is CSc1cccc(N2CC(=O)NC(C(C)(C)C)C2=O)c1. The van der Waals surface area contributed by atoms with Gasteiger partial charge in [-0.2, -0.15) is 0 Å². The summed E-state index contributed by atoms with van der Waals surface area (Å²) in [5.74, 6) is -0.158. The highest BCUT2D eigenvalue weighted by Gasteiger charge is 2.40. The van der Waals surface area contributed by atoms with Crippen LogP contribution in [0.15, 0.2) is 29.2 Å². The minimum atomic E-state index is -0.485. The fourth-order valence-corrected chi connectivity index (χ4v) is 2.68. The summed E-state index contributed by atoms with van der Waals surface area (Å²) < 4.78 is 0. The Labute approximate surface area is 123 Å². The standard InChI is InChI=1S/C15H20N2O2S/c1-15(2,3)13-14(19)17(9-12(18)16-13)10-6-5-7-11(8-10)20-4/h5-8,13H,9H2,1-4H3,(H,16,18). The van der Waals surface area contributed by atoms with Gasteiger partial charge in [-0.05, 0) is 29.9 Å². The summed E-state index contributed by atoms with van der Waals surface area (Å²) in [7, 11) is 0. The van der Waals surface area contributed by atoms with Gasteiger partial charge in [0, 0.05) is 10.6 Å². The van der Waals surface area contributed by atoms with Crippen molar-refractivity contribution in [3.63, 3.8) is 0 Å². The molecule has 0 aromatic heterocycles. The molecular weight excluding hydrogens is 272 g/mol. The zero-order valence-corrected chi connectivity index (χ0v) is 13.1. The molecule has 1 aromatic rings. The monoisotopic (exact) mass is 292 g/mol. The number of carbonyl (C=O) groups is 2. The highest BCUT2D eigenvalue weighted by atomic mass is 32.2. The van der Waals surface area contributed by atoms with Crippen molar-refractivity contribution in [2.75, 3.05) is 17.7 Å². The lowest BCUT2D eigenvalue weighted by Crippen LogP contribution is -2.62. The number of benzene rings is 1. The van der Waals surface area contributed by atoms with Gasteiger partial charge in [-0.15, -0.1) is 11.8 Å². The van der Waals surface area contributed by atoms with Crippen LogP contribution in [0.4, 0.5) is 5.69 Å². The lowest BCUT2D eigenvalue weighted by atomic mass is 9.84. The van der Waals surface area contributed by atoms with Gasteiger partial charge in [-0.1, -0.05) is 26.8 Å². The van der Waals surface area contributed by atoms with Gasteiger partial charge in [0.05, 0.1) is 0 Å². The van der Waals surface area contributed by atoms with Crippen molar-refractivity contribution in [1.82, 2.24) is 5.32 Å². The molecule has 1 atom stereocenters. The molecule has 0 saturated carbocycles. The van der Waals surface area contributed by atoms with Gasteiger partial charge in [0.1, 0.15) is 12.6 Å². The average Bonchev–Trinajstić information content (AvgIpc) is 2.40. The number of carbonyl (C=O) groups excluding carboxylic acids is 2. The van der Waals surface area contributed by atoms with Crippen LogP contribution in [0, 0.1) is 5.41 Å². The Morgan fingerprint density at radius 3 is 2.60 bits per heavy atom. The first-order valence-corrected chi connectivity index (χ1v) is 7.80. The van der Waals surface area contributed by atoms with E-state index in [-0.39, 0.29) is 23.8 Å². The molecule has 1 heterocycles. The molecule has 20 heavy (non-hydrogen) atoms. The third kappa shape index (κ3) is 2.98. The minimum Gasteiger partial charge on any atom is -0.342 e. The van der Waals surface area contributed by atoms with Gasteiger partial charge in [0.2, 0.25) is 5.91 Å². The minimum absolute atomic E-state index is 0.0460. The second kappa shape index (κ2) is 5.48. The molecule has 2 amide bonds. The van der Waals surface area contributed by atoms with Crippen LogP contribution >= 0.6 is 11.8 Å². The van der Waals surface area contributed by atoms with Crippen molar-refractivity contribution in [2.45, 2.75) is 31.7 Å². The Kier molecular flexibility index (Phi) is 4.09. The molecule has 0 radical (unpaired) electrons. The van der Waals surface area contributed by atoms with E-state index < -0.39 is 6.04 Å². The van der Waals surface area contributed by atoms with Crippen LogP contribution in [0.2, 0.25) is 0 Å². The number of hydrogen-bond acceptors (Lipinski definition) is 3. The molecule has 0 aliphatic carbocycles. The zero-order valence-electron chi connectivity index (χ0n) is 12.3. The van der Waals surface area contributed by atoms with E-state index in [4.69, 9.17) is 0 Å².